The van der Waals surface area contributed by atoms with Crippen LogP contribution in [-0.2, 0) is 0 Å². The second-order valence-corrected chi connectivity index (χ2v) is 9.60. The molecule has 1 nitrogen and oxygen atoms in total. The van der Waals surface area contributed by atoms with E-state index in [-0.39, 0.29) is 9.68 Å². The lowest BCUT2D eigenvalue weighted by molar-refractivity contribution is 0.700. The van der Waals surface area contributed by atoms with Gasteiger partial charge in [0.25, 0.3) is 0 Å². The van der Waals surface area contributed by atoms with E-state index in [1.807, 2.05) is 0 Å². The van der Waals surface area contributed by atoms with E-state index in [0.29, 0.717) is 0 Å². The Kier molecular flexibility index (Phi) is 4.03. The second-order valence-electron chi connectivity index (χ2n) is 4.47. The standard InChI is InChI=1S/C12H21NSi2/c14-10-15-13(12-8-4-5-9-12)11-6-2-1-3-7-11/h1-3,6-7,12H,4-5,8-10,15H2,14H3. The summed E-state index contributed by atoms with van der Waals surface area (Å²) in [7, 11) is 1.38. The molecule has 0 bridgehead atoms. The van der Waals surface area contributed by atoms with Gasteiger partial charge >= 0.3 is 0 Å². The molecule has 15 heavy (non-hydrogen) atoms. The lowest BCUT2D eigenvalue weighted by Gasteiger charge is -2.31. The van der Waals surface area contributed by atoms with Crippen LogP contribution in [0.25, 0.3) is 0 Å². The number of rotatable bonds is 4. The maximum absolute atomic E-state index is 2.78. The molecule has 0 unspecified atom stereocenters. The van der Waals surface area contributed by atoms with E-state index in [1.54, 1.807) is 0 Å². The Labute approximate surface area is 98.2 Å². The van der Waals surface area contributed by atoms with Crippen LogP contribution in [0.5, 0.6) is 0 Å². The molecular formula is C12H21NSi2. The second kappa shape index (κ2) is 5.51. The number of para-hydroxylation sites is 1. The first-order valence-electron chi connectivity index (χ1n) is 6.23. The zero-order chi connectivity index (χ0) is 10.5. The predicted octanol–water partition coefficient (Wildman–Crippen LogP) is 1.26. The number of hydrogen-bond donors (Lipinski definition) is 0. The van der Waals surface area contributed by atoms with Crippen molar-refractivity contribution in [2.24, 2.45) is 0 Å². The highest BCUT2D eigenvalue weighted by molar-refractivity contribution is 6.51. The van der Waals surface area contributed by atoms with Gasteiger partial charge in [0.2, 0.25) is 0 Å². The molecule has 1 aliphatic carbocycles. The average Bonchev–Trinajstić information content (AvgIpc) is 2.80. The molecule has 82 valence electrons. The predicted molar refractivity (Wildman–Crippen MR) is 74.5 cm³/mol. The molecule has 0 heterocycles. The summed E-state index contributed by atoms with van der Waals surface area (Å²) in [5.74, 6) is 0. The van der Waals surface area contributed by atoms with Crippen molar-refractivity contribution in [2.75, 3.05) is 4.57 Å². The van der Waals surface area contributed by atoms with E-state index in [1.165, 1.54) is 47.3 Å². The summed E-state index contributed by atoms with van der Waals surface area (Å²) in [5, 5.41) is 0. The van der Waals surface area contributed by atoms with Gasteiger partial charge < -0.3 is 4.57 Å². The van der Waals surface area contributed by atoms with Gasteiger partial charge in [-0.1, -0.05) is 36.7 Å². The molecule has 1 saturated carbocycles. The third-order valence-corrected chi connectivity index (χ3v) is 6.47. The molecule has 1 aromatic rings. The lowest BCUT2D eigenvalue weighted by atomic mass is 10.2. The average molecular weight is 235 g/mol. The first-order valence-corrected chi connectivity index (χ1v) is 9.28. The summed E-state index contributed by atoms with van der Waals surface area (Å²) >= 11 is 0. The van der Waals surface area contributed by atoms with Crippen LogP contribution >= 0.6 is 0 Å². The van der Waals surface area contributed by atoms with E-state index in [4.69, 9.17) is 0 Å². The van der Waals surface area contributed by atoms with Crippen LogP contribution < -0.4 is 4.57 Å². The maximum atomic E-state index is 2.78. The van der Waals surface area contributed by atoms with Crippen molar-refractivity contribution in [1.82, 2.24) is 0 Å². The highest BCUT2D eigenvalue weighted by Crippen LogP contribution is 2.27. The molecule has 1 aromatic carbocycles. The molecule has 0 aliphatic heterocycles. The van der Waals surface area contributed by atoms with Gasteiger partial charge in [0, 0.05) is 22.0 Å². The number of nitrogens with zero attached hydrogens (tertiary/aromatic N) is 1. The Morgan fingerprint density at radius 3 is 2.47 bits per heavy atom. The van der Waals surface area contributed by atoms with Gasteiger partial charge in [-0.05, 0) is 25.0 Å². The topological polar surface area (TPSA) is 3.24 Å². The fraction of sp³-hybridized carbons (Fsp3) is 0.500. The molecule has 0 saturated heterocycles. The Bertz CT molecular complexity index is 283. The Balaban J connectivity index is 2.11. The molecule has 0 aromatic heterocycles. The van der Waals surface area contributed by atoms with E-state index in [9.17, 15) is 0 Å². The summed E-state index contributed by atoms with van der Waals surface area (Å²) in [5.41, 5.74) is 3.01. The fourth-order valence-corrected chi connectivity index (χ4v) is 5.73. The molecule has 1 fully saturated rings. The van der Waals surface area contributed by atoms with Gasteiger partial charge in [-0.15, -0.1) is 0 Å². The minimum absolute atomic E-state index is 0.00306. The number of anilines is 1. The van der Waals surface area contributed by atoms with Crippen molar-refractivity contribution in [3.63, 3.8) is 0 Å². The highest BCUT2D eigenvalue weighted by Gasteiger charge is 2.21. The Morgan fingerprint density at radius 1 is 1.20 bits per heavy atom. The van der Waals surface area contributed by atoms with Gasteiger partial charge in [-0.3, -0.25) is 0 Å². The Morgan fingerprint density at radius 2 is 1.87 bits per heavy atom. The van der Waals surface area contributed by atoms with E-state index in [0.717, 1.165) is 6.04 Å². The zero-order valence-corrected chi connectivity index (χ0v) is 13.1. The van der Waals surface area contributed by atoms with Crippen LogP contribution in [0.4, 0.5) is 5.69 Å². The van der Waals surface area contributed by atoms with Crippen molar-refractivity contribution in [2.45, 2.75) is 37.4 Å². The molecular weight excluding hydrogens is 214 g/mol. The molecule has 3 heteroatoms. The van der Waals surface area contributed by atoms with Gasteiger partial charge in [-0.2, -0.15) is 0 Å². The van der Waals surface area contributed by atoms with Crippen molar-refractivity contribution >= 4 is 25.6 Å². The summed E-state index contributed by atoms with van der Waals surface area (Å²) < 4.78 is 2.78. The van der Waals surface area contributed by atoms with Crippen molar-refractivity contribution < 1.29 is 0 Å². The molecule has 0 amide bonds. The van der Waals surface area contributed by atoms with Crippen LogP contribution in [0.2, 0.25) is 5.67 Å². The molecule has 0 spiro atoms. The number of benzene rings is 1. The minimum Gasteiger partial charge on any atom is -0.401 e. The van der Waals surface area contributed by atoms with Crippen LogP contribution in [0, 0.1) is 0 Å². The summed E-state index contributed by atoms with van der Waals surface area (Å²) in [4.78, 5) is 0. The first-order chi connectivity index (χ1) is 7.42. The van der Waals surface area contributed by atoms with Crippen LogP contribution in [0.3, 0.4) is 0 Å². The summed E-state index contributed by atoms with van der Waals surface area (Å²) in [6.45, 7) is 0. The zero-order valence-electron chi connectivity index (χ0n) is 9.65. The third-order valence-electron chi connectivity index (χ3n) is 3.32. The summed E-state index contributed by atoms with van der Waals surface area (Å²) in [6.07, 6.45) is 5.76. The van der Waals surface area contributed by atoms with Crippen LogP contribution in [0.15, 0.2) is 30.3 Å². The molecule has 1 aliphatic rings. The SMILES string of the molecule is [SiH3]C[SiH2]N(c1ccccc1)C1CCCC1. The van der Waals surface area contributed by atoms with Gasteiger partial charge in [0.1, 0.15) is 9.68 Å². The highest BCUT2D eigenvalue weighted by atomic mass is 28.3. The van der Waals surface area contributed by atoms with Gasteiger partial charge in [0.05, 0.1) is 0 Å². The van der Waals surface area contributed by atoms with E-state index >= 15 is 0 Å². The number of hydrogen-bond acceptors (Lipinski definition) is 1. The smallest absolute Gasteiger partial charge is 0.121 e. The molecule has 0 radical (unpaired) electrons. The molecule has 2 rings (SSSR count). The van der Waals surface area contributed by atoms with Crippen molar-refractivity contribution in [3.05, 3.63) is 30.3 Å². The maximum Gasteiger partial charge on any atom is 0.121 e. The monoisotopic (exact) mass is 235 g/mol. The van der Waals surface area contributed by atoms with E-state index in [2.05, 4.69) is 34.9 Å². The largest absolute Gasteiger partial charge is 0.401 e. The van der Waals surface area contributed by atoms with Crippen molar-refractivity contribution in [3.8, 4) is 0 Å². The fourth-order valence-electron chi connectivity index (χ4n) is 2.60. The van der Waals surface area contributed by atoms with Crippen LogP contribution in [0.1, 0.15) is 25.7 Å². The van der Waals surface area contributed by atoms with Crippen LogP contribution in [-0.4, -0.2) is 26.0 Å². The van der Waals surface area contributed by atoms with Gasteiger partial charge in [0.15, 0.2) is 0 Å². The molecule has 0 atom stereocenters. The minimum atomic E-state index is 0.00306. The third kappa shape index (κ3) is 2.72. The first kappa shape index (κ1) is 11.0. The lowest BCUT2D eigenvalue weighted by Crippen LogP contribution is -2.36. The molecule has 0 N–H and O–H groups in total. The quantitative estimate of drug-likeness (QED) is 0.710. The Hall–Kier alpha value is -0.546. The summed E-state index contributed by atoms with van der Waals surface area (Å²) in [6, 6.07) is 12.0. The normalized spacial score (nSPS) is 17.9. The van der Waals surface area contributed by atoms with Crippen molar-refractivity contribution in [1.29, 1.82) is 0 Å². The van der Waals surface area contributed by atoms with E-state index < -0.39 is 0 Å². The van der Waals surface area contributed by atoms with Gasteiger partial charge in [-0.25, -0.2) is 0 Å².